The molecule has 1 saturated heterocycles. The Morgan fingerprint density at radius 3 is 2.41 bits per heavy atom. The number of ether oxygens (including phenoxy) is 2. The number of esters is 1. The highest BCUT2D eigenvalue weighted by Crippen LogP contribution is 2.33. The molecular weight excluding hydrogens is 286 g/mol. The maximum atomic E-state index is 12.7. The number of methoxy groups -OCH3 is 1. The lowest BCUT2D eigenvalue weighted by molar-refractivity contribution is -0.163. The molecule has 0 radical (unpaired) electrons. The first-order chi connectivity index (χ1) is 10.6. The fourth-order valence-corrected chi connectivity index (χ4v) is 3.47. The number of carbonyl (C=O) groups is 3. The summed E-state index contributed by atoms with van der Waals surface area (Å²) in [5.41, 5.74) is -1.00. The molecule has 1 amide bonds. The van der Waals surface area contributed by atoms with E-state index in [9.17, 15) is 14.4 Å². The van der Waals surface area contributed by atoms with Crippen LogP contribution in [-0.4, -0.2) is 54.5 Å². The van der Waals surface area contributed by atoms with Crippen LogP contribution in [-0.2, 0) is 23.9 Å². The standard InChI is InChI=1S/C16H25NO5/c1-3-22-15(20)12-8-7-11-17(12)14(19)13(18)16(21-2)9-5-4-6-10-16/h12H,3-11H2,1-2H3/t12-/m1/s1. The second-order valence-corrected chi connectivity index (χ2v) is 6.00. The van der Waals surface area contributed by atoms with Crippen LogP contribution in [0.25, 0.3) is 0 Å². The maximum Gasteiger partial charge on any atom is 0.328 e. The molecule has 0 unspecified atom stereocenters. The third-order valence-electron chi connectivity index (χ3n) is 4.73. The third-order valence-corrected chi connectivity index (χ3v) is 4.73. The molecule has 1 saturated carbocycles. The van der Waals surface area contributed by atoms with Gasteiger partial charge in [-0.1, -0.05) is 19.3 Å². The van der Waals surface area contributed by atoms with Crippen molar-refractivity contribution in [1.82, 2.24) is 4.90 Å². The molecule has 0 aromatic carbocycles. The number of ketones is 1. The van der Waals surface area contributed by atoms with E-state index in [1.165, 1.54) is 12.0 Å². The van der Waals surface area contributed by atoms with E-state index in [4.69, 9.17) is 9.47 Å². The fourth-order valence-electron chi connectivity index (χ4n) is 3.47. The van der Waals surface area contributed by atoms with E-state index in [1.54, 1.807) is 6.92 Å². The number of carbonyl (C=O) groups excluding carboxylic acids is 3. The Hall–Kier alpha value is -1.43. The van der Waals surface area contributed by atoms with Crippen LogP contribution < -0.4 is 0 Å². The van der Waals surface area contributed by atoms with E-state index in [-0.39, 0.29) is 6.61 Å². The molecule has 0 aromatic rings. The van der Waals surface area contributed by atoms with Crippen molar-refractivity contribution in [3.8, 4) is 0 Å². The first kappa shape index (κ1) is 16.9. The molecule has 1 aliphatic carbocycles. The first-order valence-electron chi connectivity index (χ1n) is 8.13. The van der Waals surface area contributed by atoms with Crippen molar-refractivity contribution >= 4 is 17.7 Å². The molecule has 6 nitrogen and oxygen atoms in total. The van der Waals surface area contributed by atoms with Gasteiger partial charge in [0.2, 0.25) is 0 Å². The van der Waals surface area contributed by atoms with Crippen LogP contribution in [0, 0.1) is 0 Å². The van der Waals surface area contributed by atoms with Gasteiger partial charge >= 0.3 is 5.97 Å². The van der Waals surface area contributed by atoms with Crippen molar-refractivity contribution in [1.29, 1.82) is 0 Å². The second-order valence-electron chi connectivity index (χ2n) is 6.00. The molecule has 0 N–H and O–H groups in total. The Bertz CT molecular complexity index is 442. The average Bonchev–Trinajstić information content (AvgIpc) is 3.04. The molecule has 2 aliphatic rings. The minimum Gasteiger partial charge on any atom is -0.464 e. The van der Waals surface area contributed by atoms with Crippen LogP contribution >= 0.6 is 0 Å². The van der Waals surface area contributed by atoms with Gasteiger partial charge in [-0.3, -0.25) is 9.59 Å². The van der Waals surface area contributed by atoms with Crippen LogP contribution in [0.2, 0.25) is 0 Å². The van der Waals surface area contributed by atoms with Gasteiger partial charge in [0.1, 0.15) is 11.6 Å². The Labute approximate surface area is 131 Å². The van der Waals surface area contributed by atoms with Crippen molar-refractivity contribution in [3.05, 3.63) is 0 Å². The zero-order valence-electron chi connectivity index (χ0n) is 13.4. The number of Topliss-reactive ketones (excluding diaryl/α,β-unsaturated/α-hetero) is 1. The fraction of sp³-hybridized carbons (Fsp3) is 0.812. The summed E-state index contributed by atoms with van der Waals surface area (Å²) in [4.78, 5) is 38.6. The summed E-state index contributed by atoms with van der Waals surface area (Å²) >= 11 is 0. The molecule has 124 valence electrons. The van der Waals surface area contributed by atoms with Crippen molar-refractivity contribution in [2.45, 2.75) is 63.5 Å². The molecule has 2 fully saturated rings. The summed E-state index contributed by atoms with van der Waals surface area (Å²) in [6.45, 7) is 2.42. The first-order valence-corrected chi connectivity index (χ1v) is 8.13. The number of hydrogen-bond donors (Lipinski definition) is 0. The van der Waals surface area contributed by atoms with E-state index >= 15 is 0 Å². The molecular formula is C16H25NO5. The van der Waals surface area contributed by atoms with Gasteiger partial charge < -0.3 is 14.4 Å². The van der Waals surface area contributed by atoms with Crippen molar-refractivity contribution in [2.75, 3.05) is 20.3 Å². The molecule has 6 heteroatoms. The summed E-state index contributed by atoms with van der Waals surface area (Å²) in [6, 6.07) is -0.631. The Balaban J connectivity index is 2.12. The van der Waals surface area contributed by atoms with Crippen molar-refractivity contribution in [3.63, 3.8) is 0 Å². The predicted molar refractivity (Wildman–Crippen MR) is 79.2 cm³/mol. The van der Waals surface area contributed by atoms with Gasteiger partial charge in [0.15, 0.2) is 0 Å². The Morgan fingerprint density at radius 1 is 1.14 bits per heavy atom. The van der Waals surface area contributed by atoms with Crippen LogP contribution in [0.1, 0.15) is 51.9 Å². The highest BCUT2D eigenvalue weighted by atomic mass is 16.5. The van der Waals surface area contributed by atoms with Gasteiger partial charge in [-0.05, 0) is 32.6 Å². The lowest BCUT2D eigenvalue weighted by Crippen LogP contribution is -2.53. The lowest BCUT2D eigenvalue weighted by Gasteiger charge is -2.35. The van der Waals surface area contributed by atoms with E-state index in [2.05, 4.69) is 0 Å². The topological polar surface area (TPSA) is 72.9 Å². The monoisotopic (exact) mass is 311 g/mol. The molecule has 1 heterocycles. The molecule has 0 spiro atoms. The normalized spacial score (nSPS) is 24.1. The SMILES string of the molecule is CCOC(=O)[C@H]1CCCN1C(=O)C(=O)C1(OC)CCCCC1. The zero-order chi connectivity index (χ0) is 16.2. The van der Waals surface area contributed by atoms with Crippen molar-refractivity contribution < 1.29 is 23.9 Å². The Kier molecular flexibility index (Phi) is 5.56. The second kappa shape index (κ2) is 7.22. The molecule has 0 bridgehead atoms. The predicted octanol–water partition coefficient (Wildman–Crippen LogP) is 1.46. The number of nitrogens with zero attached hydrogens (tertiary/aromatic N) is 1. The van der Waals surface area contributed by atoms with E-state index < -0.39 is 29.3 Å². The average molecular weight is 311 g/mol. The maximum absolute atomic E-state index is 12.7. The van der Waals surface area contributed by atoms with Gasteiger partial charge in [0.25, 0.3) is 11.7 Å². The van der Waals surface area contributed by atoms with Gasteiger partial charge in [-0.25, -0.2) is 4.79 Å². The highest BCUT2D eigenvalue weighted by molar-refractivity contribution is 6.39. The van der Waals surface area contributed by atoms with Gasteiger partial charge in [-0.2, -0.15) is 0 Å². The molecule has 22 heavy (non-hydrogen) atoms. The van der Waals surface area contributed by atoms with Crippen LogP contribution in [0.4, 0.5) is 0 Å². The largest absolute Gasteiger partial charge is 0.464 e. The van der Waals surface area contributed by atoms with Crippen LogP contribution in [0.3, 0.4) is 0 Å². The number of rotatable bonds is 5. The smallest absolute Gasteiger partial charge is 0.328 e. The number of hydrogen-bond acceptors (Lipinski definition) is 5. The van der Waals surface area contributed by atoms with Gasteiger partial charge in [0, 0.05) is 13.7 Å². The molecule has 1 atom stereocenters. The number of amides is 1. The zero-order valence-corrected chi connectivity index (χ0v) is 13.4. The summed E-state index contributed by atoms with van der Waals surface area (Å²) < 4.78 is 10.5. The number of likely N-dealkylation sites (tertiary alicyclic amines) is 1. The summed E-state index contributed by atoms with van der Waals surface area (Å²) in [5.74, 6) is -1.53. The minimum absolute atomic E-state index is 0.271. The molecule has 2 rings (SSSR count). The van der Waals surface area contributed by atoms with Crippen LogP contribution in [0.5, 0.6) is 0 Å². The summed E-state index contributed by atoms with van der Waals surface area (Å²) in [7, 11) is 1.49. The third kappa shape index (κ3) is 3.16. The quantitative estimate of drug-likeness (QED) is 0.568. The lowest BCUT2D eigenvalue weighted by atomic mass is 9.81. The van der Waals surface area contributed by atoms with Crippen LogP contribution in [0.15, 0.2) is 0 Å². The van der Waals surface area contributed by atoms with Gasteiger partial charge in [0.05, 0.1) is 6.61 Å². The molecule has 1 aliphatic heterocycles. The molecule has 0 aromatic heterocycles. The van der Waals surface area contributed by atoms with Crippen molar-refractivity contribution in [2.24, 2.45) is 0 Å². The Morgan fingerprint density at radius 2 is 1.82 bits per heavy atom. The highest BCUT2D eigenvalue weighted by Gasteiger charge is 2.47. The van der Waals surface area contributed by atoms with E-state index in [1.807, 2.05) is 0 Å². The summed E-state index contributed by atoms with van der Waals surface area (Å²) in [6.07, 6.45) is 5.24. The summed E-state index contributed by atoms with van der Waals surface area (Å²) in [5, 5.41) is 0. The minimum atomic E-state index is -1.00. The van der Waals surface area contributed by atoms with E-state index in [0.29, 0.717) is 32.2 Å². The van der Waals surface area contributed by atoms with E-state index in [0.717, 1.165) is 19.3 Å². The van der Waals surface area contributed by atoms with Gasteiger partial charge in [-0.15, -0.1) is 0 Å².